The fourth-order valence-corrected chi connectivity index (χ4v) is 3.66. The summed E-state index contributed by atoms with van der Waals surface area (Å²) < 4.78 is 6.61. The predicted molar refractivity (Wildman–Crippen MR) is 112 cm³/mol. The Bertz CT molecular complexity index is 795. The fourth-order valence-electron chi connectivity index (χ4n) is 3.40. The number of para-hydroxylation sites is 1. The molecule has 3 rings (SSSR count). The Labute approximate surface area is 174 Å². The van der Waals surface area contributed by atoms with E-state index >= 15 is 0 Å². The van der Waals surface area contributed by atoms with E-state index in [4.69, 9.17) is 4.74 Å². The number of hydrogen-bond donors (Lipinski definition) is 0. The van der Waals surface area contributed by atoms with Gasteiger partial charge < -0.3 is 14.5 Å². The van der Waals surface area contributed by atoms with Crippen molar-refractivity contribution in [2.24, 2.45) is 0 Å². The molecule has 0 radical (unpaired) electrons. The monoisotopic (exact) mass is 444 g/mol. The number of nitrogens with zero attached hydrogens (tertiary/aromatic N) is 2. The van der Waals surface area contributed by atoms with Crippen LogP contribution in [0.3, 0.4) is 0 Å². The van der Waals surface area contributed by atoms with Gasteiger partial charge >= 0.3 is 0 Å². The molecule has 2 aromatic rings. The number of carbonyl (C=O) groups excluding carboxylic acids is 2. The van der Waals surface area contributed by atoms with Crippen LogP contribution in [0.5, 0.6) is 5.75 Å². The Morgan fingerprint density at radius 2 is 1.86 bits per heavy atom. The second-order valence-corrected chi connectivity index (χ2v) is 7.85. The molecule has 1 aliphatic heterocycles. The van der Waals surface area contributed by atoms with E-state index in [2.05, 4.69) is 15.9 Å². The summed E-state index contributed by atoms with van der Waals surface area (Å²) in [7, 11) is 1.80. The SMILES string of the molecule is CN(CCCOc1ccccc1)C(=O)C1CCCN1C(=O)c1ccc(Br)cc1. The molecular weight excluding hydrogens is 420 g/mol. The predicted octanol–water partition coefficient (Wildman–Crippen LogP) is 3.98. The number of ether oxygens (including phenoxy) is 1. The van der Waals surface area contributed by atoms with E-state index in [1.165, 1.54) is 0 Å². The van der Waals surface area contributed by atoms with Gasteiger partial charge in [-0.05, 0) is 55.7 Å². The normalized spacial score (nSPS) is 16.1. The summed E-state index contributed by atoms with van der Waals surface area (Å²) in [4.78, 5) is 29.2. The largest absolute Gasteiger partial charge is 0.494 e. The van der Waals surface area contributed by atoms with Crippen LogP contribution in [0.2, 0.25) is 0 Å². The molecular formula is C22H25BrN2O3. The lowest BCUT2D eigenvalue weighted by molar-refractivity contribution is -0.134. The van der Waals surface area contributed by atoms with Crippen LogP contribution < -0.4 is 4.74 Å². The van der Waals surface area contributed by atoms with Crippen LogP contribution in [0.4, 0.5) is 0 Å². The number of likely N-dealkylation sites (tertiary alicyclic amines) is 1. The smallest absolute Gasteiger partial charge is 0.254 e. The third-order valence-electron chi connectivity index (χ3n) is 4.92. The lowest BCUT2D eigenvalue weighted by atomic mass is 10.1. The van der Waals surface area contributed by atoms with Crippen molar-refractivity contribution < 1.29 is 14.3 Å². The molecule has 0 bridgehead atoms. The first-order valence-electron chi connectivity index (χ1n) is 9.55. The van der Waals surface area contributed by atoms with E-state index in [9.17, 15) is 9.59 Å². The zero-order chi connectivity index (χ0) is 19.9. The van der Waals surface area contributed by atoms with Gasteiger partial charge in [0.1, 0.15) is 11.8 Å². The molecule has 0 aromatic heterocycles. The Morgan fingerprint density at radius 3 is 2.57 bits per heavy atom. The maximum Gasteiger partial charge on any atom is 0.254 e. The molecule has 1 heterocycles. The lowest BCUT2D eigenvalue weighted by Crippen LogP contribution is -2.46. The molecule has 0 saturated carbocycles. The Morgan fingerprint density at radius 1 is 1.14 bits per heavy atom. The Balaban J connectivity index is 1.51. The van der Waals surface area contributed by atoms with E-state index < -0.39 is 0 Å². The summed E-state index contributed by atoms with van der Waals surface area (Å²) in [5, 5.41) is 0. The Hall–Kier alpha value is -2.34. The van der Waals surface area contributed by atoms with Gasteiger partial charge in [0.05, 0.1) is 6.61 Å². The van der Waals surface area contributed by atoms with Gasteiger partial charge in [0, 0.05) is 30.2 Å². The number of likely N-dealkylation sites (N-methyl/N-ethyl adjacent to an activating group) is 1. The molecule has 6 heteroatoms. The minimum Gasteiger partial charge on any atom is -0.494 e. The number of hydrogen-bond acceptors (Lipinski definition) is 3. The number of amides is 2. The summed E-state index contributed by atoms with van der Waals surface area (Å²) in [6.45, 7) is 1.77. The van der Waals surface area contributed by atoms with Gasteiger partial charge in [0.15, 0.2) is 0 Å². The molecule has 148 valence electrons. The van der Waals surface area contributed by atoms with Gasteiger partial charge in [0.2, 0.25) is 5.91 Å². The highest BCUT2D eigenvalue weighted by Gasteiger charge is 2.35. The minimum atomic E-state index is -0.379. The average Bonchev–Trinajstić information content (AvgIpc) is 3.21. The van der Waals surface area contributed by atoms with Crippen molar-refractivity contribution in [1.82, 2.24) is 9.80 Å². The highest BCUT2D eigenvalue weighted by atomic mass is 79.9. The van der Waals surface area contributed by atoms with Gasteiger partial charge in [-0.15, -0.1) is 0 Å². The maximum atomic E-state index is 12.9. The summed E-state index contributed by atoms with van der Waals surface area (Å²) >= 11 is 3.38. The fraction of sp³-hybridized carbons (Fsp3) is 0.364. The zero-order valence-electron chi connectivity index (χ0n) is 16.0. The molecule has 1 fully saturated rings. The van der Waals surface area contributed by atoms with E-state index in [0.29, 0.717) is 31.7 Å². The van der Waals surface area contributed by atoms with E-state index in [1.54, 1.807) is 29.0 Å². The van der Waals surface area contributed by atoms with Gasteiger partial charge in [-0.2, -0.15) is 0 Å². The third kappa shape index (κ3) is 5.13. The molecule has 2 aromatic carbocycles. The highest BCUT2D eigenvalue weighted by molar-refractivity contribution is 9.10. The molecule has 0 spiro atoms. The minimum absolute atomic E-state index is 0.00247. The summed E-state index contributed by atoms with van der Waals surface area (Å²) in [5.74, 6) is 0.755. The number of benzene rings is 2. The molecule has 2 amide bonds. The maximum absolute atomic E-state index is 12.9. The van der Waals surface area contributed by atoms with Crippen LogP contribution in [0, 0.1) is 0 Å². The van der Waals surface area contributed by atoms with E-state index in [0.717, 1.165) is 23.1 Å². The van der Waals surface area contributed by atoms with Crippen LogP contribution >= 0.6 is 15.9 Å². The first-order valence-corrected chi connectivity index (χ1v) is 10.3. The van der Waals surface area contributed by atoms with Crippen molar-refractivity contribution in [2.45, 2.75) is 25.3 Å². The Kier molecular flexibility index (Phi) is 7.09. The van der Waals surface area contributed by atoms with Crippen molar-refractivity contribution in [3.05, 3.63) is 64.6 Å². The van der Waals surface area contributed by atoms with Crippen molar-refractivity contribution in [1.29, 1.82) is 0 Å². The molecule has 5 nitrogen and oxygen atoms in total. The second kappa shape index (κ2) is 9.73. The topological polar surface area (TPSA) is 49.9 Å². The average molecular weight is 445 g/mol. The zero-order valence-corrected chi connectivity index (χ0v) is 17.6. The van der Waals surface area contributed by atoms with Crippen molar-refractivity contribution in [3.63, 3.8) is 0 Å². The van der Waals surface area contributed by atoms with Crippen LogP contribution in [0.1, 0.15) is 29.6 Å². The van der Waals surface area contributed by atoms with Gasteiger partial charge in [0.25, 0.3) is 5.91 Å². The molecule has 0 N–H and O–H groups in total. The number of halogens is 1. The van der Waals surface area contributed by atoms with Gasteiger partial charge in [-0.3, -0.25) is 9.59 Å². The quantitative estimate of drug-likeness (QED) is 0.606. The van der Waals surface area contributed by atoms with Crippen molar-refractivity contribution >= 4 is 27.7 Å². The van der Waals surface area contributed by atoms with Crippen molar-refractivity contribution in [2.75, 3.05) is 26.7 Å². The molecule has 0 aliphatic carbocycles. The van der Waals surface area contributed by atoms with Crippen LogP contribution in [-0.4, -0.2) is 54.4 Å². The highest BCUT2D eigenvalue weighted by Crippen LogP contribution is 2.22. The third-order valence-corrected chi connectivity index (χ3v) is 5.44. The summed E-state index contributed by atoms with van der Waals surface area (Å²) in [6.07, 6.45) is 2.31. The first kappa shape index (κ1) is 20.4. The summed E-state index contributed by atoms with van der Waals surface area (Å²) in [6, 6.07) is 16.5. The van der Waals surface area contributed by atoms with Gasteiger partial charge in [-0.1, -0.05) is 34.1 Å². The van der Waals surface area contributed by atoms with Gasteiger partial charge in [-0.25, -0.2) is 0 Å². The van der Waals surface area contributed by atoms with Crippen LogP contribution in [-0.2, 0) is 4.79 Å². The van der Waals surface area contributed by atoms with Crippen LogP contribution in [0.25, 0.3) is 0 Å². The molecule has 1 aliphatic rings. The molecule has 1 atom stereocenters. The number of carbonyl (C=O) groups is 2. The molecule has 1 unspecified atom stereocenters. The first-order chi connectivity index (χ1) is 13.6. The standard InChI is InChI=1S/C22H25BrN2O3/c1-24(14-6-16-28-19-7-3-2-4-8-19)22(27)20-9-5-15-25(20)21(26)17-10-12-18(23)13-11-17/h2-4,7-8,10-13,20H,5-6,9,14-16H2,1H3. The van der Waals surface area contributed by atoms with Crippen LogP contribution in [0.15, 0.2) is 59.1 Å². The van der Waals surface area contributed by atoms with Crippen molar-refractivity contribution in [3.8, 4) is 5.75 Å². The summed E-state index contributed by atoms with van der Waals surface area (Å²) in [5.41, 5.74) is 0.613. The molecule has 1 saturated heterocycles. The lowest BCUT2D eigenvalue weighted by Gasteiger charge is -2.28. The number of rotatable bonds is 7. The molecule has 28 heavy (non-hydrogen) atoms. The van der Waals surface area contributed by atoms with E-state index in [-0.39, 0.29) is 17.9 Å². The van der Waals surface area contributed by atoms with E-state index in [1.807, 2.05) is 42.5 Å². The second-order valence-electron chi connectivity index (χ2n) is 6.94.